The summed E-state index contributed by atoms with van der Waals surface area (Å²) in [4.78, 5) is 13.2. The molecule has 0 radical (unpaired) electrons. The Morgan fingerprint density at radius 2 is 2.00 bits per heavy atom. The molecule has 1 spiro atoms. The monoisotopic (exact) mass is 325 g/mol. The molecule has 2 aliphatic heterocycles. The fourth-order valence-corrected chi connectivity index (χ4v) is 3.58. The number of halogens is 1. The molecule has 0 aromatic heterocycles. The molecule has 2 aliphatic rings. The van der Waals surface area contributed by atoms with Crippen LogP contribution in [0.2, 0.25) is 0 Å². The van der Waals surface area contributed by atoms with Crippen LogP contribution >= 0.6 is 15.9 Å². The topological polar surface area (TPSA) is 49.8 Å². The van der Waals surface area contributed by atoms with Gasteiger partial charge in [-0.25, -0.2) is 4.79 Å². The number of rotatable bonds is 2. The van der Waals surface area contributed by atoms with Crippen LogP contribution in [0.4, 0.5) is 5.69 Å². The van der Waals surface area contributed by atoms with E-state index in [1.54, 1.807) is 12.1 Å². The van der Waals surface area contributed by atoms with E-state index in [9.17, 15) is 4.79 Å². The average molecular weight is 326 g/mol. The van der Waals surface area contributed by atoms with Gasteiger partial charge in [0.05, 0.1) is 11.3 Å². The third-order valence-electron chi connectivity index (χ3n) is 4.14. The smallest absolute Gasteiger partial charge is 0.335 e. The number of hydrogen-bond acceptors (Lipinski definition) is 3. The summed E-state index contributed by atoms with van der Waals surface area (Å²) in [5, 5.41) is 8.96. The van der Waals surface area contributed by atoms with Gasteiger partial charge in [-0.05, 0) is 47.0 Å². The van der Waals surface area contributed by atoms with Crippen molar-refractivity contribution in [1.82, 2.24) is 0 Å². The summed E-state index contributed by atoms with van der Waals surface area (Å²) >= 11 is 3.47. The van der Waals surface area contributed by atoms with E-state index in [0.29, 0.717) is 11.0 Å². The zero-order chi connectivity index (χ0) is 13.5. The van der Waals surface area contributed by atoms with Gasteiger partial charge in [-0.2, -0.15) is 0 Å². The van der Waals surface area contributed by atoms with E-state index >= 15 is 0 Å². The summed E-state index contributed by atoms with van der Waals surface area (Å²) in [5.74, 6) is -0.892. The second kappa shape index (κ2) is 4.80. The van der Waals surface area contributed by atoms with Gasteiger partial charge in [0.25, 0.3) is 0 Å². The van der Waals surface area contributed by atoms with Gasteiger partial charge in [0.2, 0.25) is 0 Å². The Balaban J connectivity index is 1.73. The SMILES string of the molecule is O=C(O)c1ccc(N2CC3(CCOCC3)C2)c(Br)c1. The zero-order valence-electron chi connectivity index (χ0n) is 10.6. The highest BCUT2D eigenvalue weighted by atomic mass is 79.9. The number of carboxylic acid groups (broad SMARTS) is 1. The maximum absolute atomic E-state index is 10.9. The summed E-state index contributed by atoms with van der Waals surface area (Å²) < 4.78 is 6.27. The van der Waals surface area contributed by atoms with Gasteiger partial charge in [0.1, 0.15) is 0 Å². The van der Waals surface area contributed by atoms with Crippen molar-refractivity contribution in [1.29, 1.82) is 0 Å². The van der Waals surface area contributed by atoms with Gasteiger partial charge in [-0.15, -0.1) is 0 Å². The van der Waals surface area contributed by atoms with Crippen LogP contribution in [0.15, 0.2) is 22.7 Å². The molecule has 4 nitrogen and oxygen atoms in total. The van der Waals surface area contributed by atoms with Crippen molar-refractivity contribution in [2.45, 2.75) is 12.8 Å². The number of aromatic carboxylic acids is 1. The lowest BCUT2D eigenvalue weighted by molar-refractivity contribution is -0.000240. The van der Waals surface area contributed by atoms with Crippen molar-refractivity contribution in [2.24, 2.45) is 5.41 Å². The number of carboxylic acids is 1. The predicted molar refractivity (Wildman–Crippen MR) is 75.8 cm³/mol. The van der Waals surface area contributed by atoms with Gasteiger partial charge in [0, 0.05) is 36.2 Å². The quantitative estimate of drug-likeness (QED) is 0.908. The number of carbonyl (C=O) groups is 1. The average Bonchev–Trinajstić information content (AvgIpc) is 2.37. The van der Waals surface area contributed by atoms with Crippen molar-refractivity contribution >= 4 is 27.6 Å². The molecule has 1 aromatic rings. The standard InChI is InChI=1S/C14H16BrNO3/c15-11-7-10(13(17)18)1-2-12(11)16-8-14(9-16)3-5-19-6-4-14/h1-2,7H,3-6,8-9H2,(H,17,18). The van der Waals surface area contributed by atoms with E-state index in [2.05, 4.69) is 20.8 Å². The number of ether oxygens (including phenoxy) is 1. The molecule has 3 rings (SSSR count). The maximum Gasteiger partial charge on any atom is 0.335 e. The minimum atomic E-state index is -0.892. The molecule has 2 saturated heterocycles. The fourth-order valence-electron chi connectivity index (χ4n) is 2.95. The van der Waals surface area contributed by atoms with Crippen molar-refractivity contribution in [3.63, 3.8) is 0 Å². The van der Waals surface area contributed by atoms with Crippen LogP contribution < -0.4 is 4.90 Å². The summed E-state index contributed by atoms with van der Waals surface area (Å²) in [5.41, 5.74) is 1.82. The van der Waals surface area contributed by atoms with Crippen molar-refractivity contribution in [3.05, 3.63) is 28.2 Å². The molecule has 19 heavy (non-hydrogen) atoms. The Kier molecular flexibility index (Phi) is 3.27. The number of hydrogen-bond donors (Lipinski definition) is 1. The first-order valence-electron chi connectivity index (χ1n) is 6.45. The largest absolute Gasteiger partial charge is 0.478 e. The molecule has 0 saturated carbocycles. The predicted octanol–water partition coefficient (Wildman–Crippen LogP) is 2.76. The Bertz CT molecular complexity index is 503. The van der Waals surface area contributed by atoms with Crippen LogP contribution in [0.3, 0.4) is 0 Å². The zero-order valence-corrected chi connectivity index (χ0v) is 12.1. The highest BCUT2D eigenvalue weighted by Gasteiger charge is 2.44. The molecule has 5 heteroatoms. The van der Waals surface area contributed by atoms with E-state index in [-0.39, 0.29) is 0 Å². The Morgan fingerprint density at radius 1 is 1.32 bits per heavy atom. The van der Waals surface area contributed by atoms with Crippen molar-refractivity contribution < 1.29 is 14.6 Å². The molecule has 0 aliphatic carbocycles. The Hall–Kier alpha value is -1.07. The molecule has 0 bridgehead atoms. The number of anilines is 1. The molecular formula is C14H16BrNO3. The van der Waals surface area contributed by atoms with E-state index in [0.717, 1.165) is 49.3 Å². The van der Waals surface area contributed by atoms with E-state index < -0.39 is 5.97 Å². The lowest BCUT2D eigenvalue weighted by Gasteiger charge is -2.53. The second-order valence-corrected chi connectivity index (χ2v) is 6.29. The minimum Gasteiger partial charge on any atom is -0.478 e. The Labute approximate surface area is 120 Å². The number of benzene rings is 1. The third-order valence-corrected chi connectivity index (χ3v) is 4.78. The first-order valence-corrected chi connectivity index (χ1v) is 7.25. The van der Waals surface area contributed by atoms with Crippen LogP contribution in [0.25, 0.3) is 0 Å². The van der Waals surface area contributed by atoms with Gasteiger partial charge in [-0.1, -0.05) is 0 Å². The van der Waals surface area contributed by atoms with Crippen molar-refractivity contribution in [3.8, 4) is 0 Å². The third kappa shape index (κ3) is 2.37. The Morgan fingerprint density at radius 3 is 2.58 bits per heavy atom. The van der Waals surface area contributed by atoms with Crippen molar-refractivity contribution in [2.75, 3.05) is 31.2 Å². The van der Waals surface area contributed by atoms with E-state index in [1.165, 1.54) is 0 Å². The second-order valence-electron chi connectivity index (χ2n) is 5.44. The fraction of sp³-hybridized carbons (Fsp3) is 0.500. The van der Waals surface area contributed by atoms with Gasteiger partial charge < -0.3 is 14.7 Å². The lowest BCUT2D eigenvalue weighted by atomic mass is 9.73. The lowest BCUT2D eigenvalue weighted by Crippen LogP contribution is -2.58. The van der Waals surface area contributed by atoms with Gasteiger partial charge in [-0.3, -0.25) is 0 Å². The van der Waals surface area contributed by atoms with Gasteiger partial charge in [0.15, 0.2) is 0 Å². The highest BCUT2D eigenvalue weighted by Crippen LogP contribution is 2.43. The van der Waals surface area contributed by atoms with Crippen LogP contribution in [0.5, 0.6) is 0 Å². The molecule has 1 N–H and O–H groups in total. The molecule has 2 heterocycles. The summed E-state index contributed by atoms with van der Waals surface area (Å²) in [7, 11) is 0. The summed E-state index contributed by atoms with van der Waals surface area (Å²) in [6, 6.07) is 5.23. The van der Waals surface area contributed by atoms with Crippen LogP contribution in [-0.2, 0) is 4.74 Å². The molecule has 0 amide bonds. The molecule has 1 aromatic carbocycles. The first kappa shape index (κ1) is 12.9. The molecule has 102 valence electrons. The van der Waals surface area contributed by atoms with Gasteiger partial charge >= 0.3 is 5.97 Å². The van der Waals surface area contributed by atoms with Crippen LogP contribution in [-0.4, -0.2) is 37.4 Å². The normalized spacial score (nSPS) is 21.2. The van der Waals surface area contributed by atoms with E-state index in [4.69, 9.17) is 9.84 Å². The van der Waals surface area contributed by atoms with Crippen LogP contribution in [0.1, 0.15) is 23.2 Å². The van der Waals surface area contributed by atoms with E-state index in [1.807, 2.05) is 6.07 Å². The van der Waals surface area contributed by atoms with Crippen LogP contribution in [0, 0.1) is 5.41 Å². The molecule has 0 atom stereocenters. The minimum absolute atomic E-state index is 0.317. The molecule has 2 fully saturated rings. The molecule has 0 unspecified atom stereocenters. The summed E-state index contributed by atoms with van der Waals surface area (Å²) in [6.07, 6.45) is 2.27. The highest BCUT2D eigenvalue weighted by molar-refractivity contribution is 9.10. The number of nitrogens with zero attached hydrogens (tertiary/aromatic N) is 1. The first-order chi connectivity index (χ1) is 9.10. The molecular weight excluding hydrogens is 310 g/mol. The maximum atomic E-state index is 10.9. The summed E-state index contributed by atoms with van der Waals surface area (Å²) in [6.45, 7) is 3.82.